The van der Waals surface area contributed by atoms with Gasteiger partial charge in [-0.3, -0.25) is 0 Å². The quantitative estimate of drug-likeness (QED) is 0.755. The van der Waals surface area contributed by atoms with E-state index in [1.807, 2.05) is 0 Å². The van der Waals surface area contributed by atoms with E-state index in [9.17, 15) is 0 Å². The summed E-state index contributed by atoms with van der Waals surface area (Å²) in [5.74, 6) is 1.05. The number of hydrogen-bond donors (Lipinski definition) is 1. The van der Waals surface area contributed by atoms with Crippen molar-refractivity contribution >= 4 is 11.3 Å². The first-order valence-corrected chi connectivity index (χ1v) is 5.06. The Kier molecular flexibility index (Phi) is 1.85. The van der Waals surface area contributed by atoms with E-state index >= 15 is 0 Å². The smallest absolute Gasteiger partial charge is 0.133 e. The Morgan fingerprint density at radius 1 is 1.50 bits per heavy atom. The van der Waals surface area contributed by atoms with Gasteiger partial charge >= 0.3 is 0 Å². The van der Waals surface area contributed by atoms with Crippen molar-refractivity contribution in [2.45, 2.75) is 19.4 Å². The first kappa shape index (κ1) is 8.08. The lowest BCUT2D eigenvalue weighted by atomic mass is 10.00. The molecule has 1 fully saturated rings. The third-order valence-electron chi connectivity index (χ3n) is 2.16. The van der Waals surface area contributed by atoms with Gasteiger partial charge in [-0.15, -0.1) is 11.3 Å². The maximum absolute atomic E-state index is 5.86. The molecule has 0 spiro atoms. The van der Waals surface area contributed by atoms with E-state index in [-0.39, 0.29) is 5.60 Å². The second kappa shape index (κ2) is 2.75. The van der Waals surface area contributed by atoms with E-state index in [0.29, 0.717) is 0 Å². The minimum atomic E-state index is 0.0336. The molecule has 0 unspecified atom stereocenters. The van der Waals surface area contributed by atoms with Crippen molar-refractivity contribution in [3.8, 4) is 5.75 Å². The summed E-state index contributed by atoms with van der Waals surface area (Å²) in [4.78, 5) is 0. The van der Waals surface area contributed by atoms with Gasteiger partial charge in [-0.1, -0.05) is 0 Å². The van der Waals surface area contributed by atoms with Crippen molar-refractivity contribution in [1.82, 2.24) is 5.32 Å². The molecule has 2 nitrogen and oxygen atoms in total. The number of nitrogens with one attached hydrogen (secondary N) is 1. The molecular weight excluding hydrogens is 170 g/mol. The van der Waals surface area contributed by atoms with E-state index in [1.54, 1.807) is 11.3 Å². The first-order chi connectivity index (χ1) is 5.70. The highest BCUT2D eigenvalue weighted by Gasteiger charge is 2.34. The van der Waals surface area contributed by atoms with Gasteiger partial charge in [0.05, 0.1) is 0 Å². The fourth-order valence-corrected chi connectivity index (χ4v) is 2.01. The molecule has 1 aliphatic heterocycles. The van der Waals surface area contributed by atoms with Gasteiger partial charge in [-0.25, -0.2) is 0 Å². The van der Waals surface area contributed by atoms with Gasteiger partial charge in [-0.05, 0) is 19.2 Å². The molecule has 0 saturated carbocycles. The Labute approximate surface area is 76.6 Å². The van der Waals surface area contributed by atoms with Crippen molar-refractivity contribution in [1.29, 1.82) is 0 Å². The van der Waals surface area contributed by atoms with E-state index in [1.165, 1.54) is 5.56 Å². The van der Waals surface area contributed by atoms with Gasteiger partial charge in [0.2, 0.25) is 0 Å². The van der Waals surface area contributed by atoms with Crippen molar-refractivity contribution in [3.05, 3.63) is 16.3 Å². The van der Waals surface area contributed by atoms with Crippen LogP contribution < -0.4 is 10.1 Å². The van der Waals surface area contributed by atoms with Crippen LogP contribution in [0.25, 0.3) is 0 Å². The Hall–Kier alpha value is -0.540. The van der Waals surface area contributed by atoms with Crippen LogP contribution in [0.4, 0.5) is 0 Å². The van der Waals surface area contributed by atoms with E-state index in [2.05, 4.69) is 29.9 Å². The highest BCUT2D eigenvalue weighted by molar-refractivity contribution is 7.08. The molecule has 1 N–H and O–H groups in total. The van der Waals surface area contributed by atoms with Crippen LogP contribution in [-0.4, -0.2) is 18.7 Å². The topological polar surface area (TPSA) is 21.3 Å². The van der Waals surface area contributed by atoms with Crippen LogP contribution >= 0.6 is 11.3 Å². The Morgan fingerprint density at radius 2 is 2.25 bits per heavy atom. The predicted molar refractivity (Wildman–Crippen MR) is 51.0 cm³/mol. The molecule has 0 atom stereocenters. The van der Waals surface area contributed by atoms with E-state index in [0.717, 1.165) is 18.8 Å². The summed E-state index contributed by atoms with van der Waals surface area (Å²) >= 11 is 1.70. The van der Waals surface area contributed by atoms with Crippen LogP contribution in [0.15, 0.2) is 10.8 Å². The zero-order valence-corrected chi connectivity index (χ0v) is 8.20. The number of hydrogen-bond acceptors (Lipinski definition) is 3. The third kappa shape index (κ3) is 1.34. The molecular formula is C9H13NOS. The standard InChI is InChI=1S/C9H13NOS/c1-7-3-12-4-8(7)11-9(2)5-10-6-9/h3-4,10H,5-6H2,1-2H3. The van der Waals surface area contributed by atoms with Crippen LogP contribution in [0.2, 0.25) is 0 Å². The molecule has 2 rings (SSSR count). The maximum atomic E-state index is 5.86. The summed E-state index contributed by atoms with van der Waals surface area (Å²) in [6.07, 6.45) is 0. The van der Waals surface area contributed by atoms with Crippen molar-refractivity contribution in [2.75, 3.05) is 13.1 Å². The van der Waals surface area contributed by atoms with Crippen LogP contribution in [0.5, 0.6) is 5.75 Å². The summed E-state index contributed by atoms with van der Waals surface area (Å²) in [6, 6.07) is 0. The Balaban J connectivity index is 2.08. The minimum absolute atomic E-state index is 0.0336. The summed E-state index contributed by atoms with van der Waals surface area (Å²) in [5.41, 5.74) is 1.28. The van der Waals surface area contributed by atoms with Gasteiger partial charge in [0, 0.05) is 24.0 Å². The summed E-state index contributed by atoms with van der Waals surface area (Å²) in [5, 5.41) is 7.40. The lowest BCUT2D eigenvalue weighted by molar-refractivity contribution is 0.0347. The number of aryl methyl sites for hydroxylation is 1. The van der Waals surface area contributed by atoms with Gasteiger partial charge < -0.3 is 10.1 Å². The lowest BCUT2D eigenvalue weighted by Gasteiger charge is -2.39. The van der Waals surface area contributed by atoms with Crippen molar-refractivity contribution in [3.63, 3.8) is 0 Å². The highest BCUT2D eigenvalue weighted by atomic mass is 32.1. The number of ether oxygens (including phenoxy) is 1. The highest BCUT2D eigenvalue weighted by Crippen LogP contribution is 2.27. The average molecular weight is 183 g/mol. The van der Waals surface area contributed by atoms with Crippen LogP contribution in [-0.2, 0) is 0 Å². The van der Waals surface area contributed by atoms with Crippen LogP contribution in [0.3, 0.4) is 0 Å². The van der Waals surface area contributed by atoms with Crippen LogP contribution in [0, 0.1) is 6.92 Å². The second-order valence-corrected chi connectivity index (χ2v) is 4.32. The zero-order valence-electron chi connectivity index (χ0n) is 7.39. The lowest BCUT2D eigenvalue weighted by Crippen LogP contribution is -2.61. The Bertz CT molecular complexity index is 278. The van der Waals surface area contributed by atoms with E-state index in [4.69, 9.17) is 4.74 Å². The van der Waals surface area contributed by atoms with Gasteiger partial charge in [0.15, 0.2) is 0 Å². The van der Waals surface area contributed by atoms with Crippen LogP contribution in [0.1, 0.15) is 12.5 Å². The SMILES string of the molecule is Cc1cscc1OC1(C)CNC1. The molecule has 0 amide bonds. The summed E-state index contributed by atoms with van der Waals surface area (Å²) in [7, 11) is 0. The Morgan fingerprint density at radius 3 is 2.67 bits per heavy atom. The zero-order chi connectivity index (χ0) is 8.60. The van der Waals surface area contributed by atoms with Gasteiger partial charge in [0.25, 0.3) is 0 Å². The molecule has 1 aromatic rings. The van der Waals surface area contributed by atoms with Gasteiger partial charge in [-0.2, -0.15) is 0 Å². The predicted octanol–water partition coefficient (Wildman–Crippen LogP) is 1.80. The normalized spacial score (nSPS) is 20.2. The molecule has 0 aliphatic carbocycles. The molecule has 0 aromatic carbocycles. The number of rotatable bonds is 2. The molecule has 2 heterocycles. The molecule has 1 saturated heterocycles. The fraction of sp³-hybridized carbons (Fsp3) is 0.556. The molecule has 66 valence electrons. The van der Waals surface area contributed by atoms with Gasteiger partial charge in [0.1, 0.15) is 11.4 Å². The summed E-state index contributed by atoms with van der Waals surface area (Å²) < 4.78 is 5.86. The molecule has 12 heavy (non-hydrogen) atoms. The van der Waals surface area contributed by atoms with E-state index < -0.39 is 0 Å². The third-order valence-corrected chi connectivity index (χ3v) is 3.00. The average Bonchev–Trinajstić information content (AvgIpc) is 2.34. The van der Waals surface area contributed by atoms with Crippen molar-refractivity contribution < 1.29 is 4.74 Å². The second-order valence-electron chi connectivity index (χ2n) is 3.57. The first-order valence-electron chi connectivity index (χ1n) is 4.12. The summed E-state index contributed by atoms with van der Waals surface area (Å²) in [6.45, 7) is 6.15. The monoisotopic (exact) mass is 183 g/mol. The number of thiophene rings is 1. The minimum Gasteiger partial charge on any atom is -0.484 e. The fourth-order valence-electron chi connectivity index (χ4n) is 1.27. The molecule has 3 heteroatoms. The molecule has 0 radical (unpaired) electrons. The molecule has 0 bridgehead atoms. The largest absolute Gasteiger partial charge is 0.484 e. The van der Waals surface area contributed by atoms with Crippen molar-refractivity contribution in [2.24, 2.45) is 0 Å². The maximum Gasteiger partial charge on any atom is 0.133 e. The molecule has 1 aromatic heterocycles. The molecule has 1 aliphatic rings.